The number of carbonyl (C=O) groups excluding carboxylic acids is 1. The number of benzene rings is 1. The van der Waals surface area contributed by atoms with E-state index < -0.39 is 11.9 Å². The molecule has 1 aromatic carbocycles. The quantitative estimate of drug-likeness (QED) is 0.827. The third-order valence-corrected chi connectivity index (χ3v) is 2.86. The van der Waals surface area contributed by atoms with Crippen LogP contribution in [0.25, 0.3) is 0 Å². The highest BCUT2D eigenvalue weighted by atomic mass is 16.5. The zero-order valence-corrected chi connectivity index (χ0v) is 11.4. The number of carboxylic acid groups (broad SMARTS) is 1. The number of amides is 1. The van der Waals surface area contributed by atoms with Crippen LogP contribution in [0, 0.1) is 5.92 Å². The van der Waals surface area contributed by atoms with Crippen LogP contribution in [0.15, 0.2) is 18.2 Å². The monoisotopic (exact) mass is 265 g/mol. The van der Waals surface area contributed by atoms with Crippen molar-refractivity contribution in [2.75, 3.05) is 12.4 Å². The largest absolute Gasteiger partial charge is 0.495 e. The van der Waals surface area contributed by atoms with Gasteiger partial charge in [0, 0.05) is 5.92 Å². The maximum atomic E-state index is 11.9. The molecular weight excluding hydrogens is 246 g/mol. The fourth-order valence-electron chi connectivity index (χ4n) is 1.68. The molecule has 1 amide bonds. The van der Waals surface area contributed by atoms with Crippen molar-refractivity contribution in [3.05, 3.63) is 23.8 Å². The highest BCUT2D eigenvalue weighted by molar-refractivity contribution is 5.95. The van der Waals surface area contributed by atoms with Gasteiger partial charge < -0.3 is 15.2 Å². The minimum atomic E-state index is -0.989. The zero-order valence-electron chi connectivity index (χ0n) is 11.4. The van der Waals surface area contributed by atoms with Gasteiger partial charge in [-0.3, -0.25) is 9.59 Å². The molecular formula is C14H19NO4. The molecule has 104 valence electrons. The molecule has 1 rings (SSSR count). The van der Waals surface area contributed by atoms with E-state index in [-0.39, 0.29) is 12.3 Å². The number of methoxy groups -OCH3 is 1. The van der Waals surface area contributed by atoms with Gasteiger partial charge in [-0.05, 0) is 24.1 Å². The Bertz CT molecular complexity index is 471. The Kier molecular flexibility index (Phi) is 5.36. The third kappa shape index (κ3) is 4.28. The Hall–Kier alpha value is -2.04. The van der Waals surface area contributed by atoms with Crippen LogP contribution in [0.2, 0.25) is 0 Å². The first-order valence-electron chi connectivity index (χ1n) is 6.17. The van der Waals surface area contributed by atoms with Gasteiger partial charge in [-0.1, -0.05) is 19.9 Å². The summed E-state index contributed by atoms with van der Waals surface area (Å²) < 4.78 is 5.18. The molecule has 0 aromatic heterocycles. The molecule has 0 radical (unpaired) electrons. The van der Waals surface area contributed by atoms with Crippen molar-refractivity contribution >= 4 is 17.6 Å². The van der Waals surface area contributed by atoms with E-state index in [1.807, 2.05) is 19.1 Å². The lowest BCUT2D eigenvalue weighted by Gasteiger charge is -2.14. The van der Waals surface area contributed by atoms with Crippen LogP contribution >= 0.6 is 0 Å². The number of hydrogen-bond acceptors (Lipinski definition) is 3. The maximum Gasteiger partial charge on any atom is 0.304 e. The van der Waals surface area contributed by atoms with Crippen molar-refractivity contribution in [2.24, 2.45) is 5.92 Å². The lowest BCUT2D eigenvalue weighted by atomic mass is 10.1. The van der Waals surface area contributed by atoms with Gasteiger partial charge in [-0.25, -0.2) is 0 Å². The number of aliphatic carboxylic acids is 1. The van der Waals surface area contributed by atoms with Gasteiger partial charge in [0.1, 0.15) is 5.75 Å². The predicted octanol–water partition coefficient (Wildman–Crippen LogP) is 2.31. The number of rotatable bonds is 6. The summed E-state index contributed by atoms with van der Waals surface area (Å²) in [5.41, 5.74) is 1.64. The molecule has 2 N–H and O–H groups in total. The topological polar surface area (TPSA) is 75.6 Å². The van der Waals surface area contributed by atoms with Gasteiger partial charge in [-0.15, -0.1) is 0 Å². The molecule has 1 unspecified atom stereocenters. The summed E-state index contributed by atoms with van der Waals surface area (Å²) in [5, 5.41) is 11.4. The van der Waals surface area contributed by atoms with Gasteiger partial charge in [0.15, 0.2) is 0 Å². The lowest BCUT2D eigenvalue weighted by Crippen LogP contribution is -2.23. The van der Waals surface area contributed by atoms with E-state index in [9.17, 15) is 9.59 Å². The smallest absolute Gasteiger partial charge is 0.304 e. The average Bonchev–Trinajstić information content (AvgIpc) is 2.37. The summed E-state index contributed by atoms with van der Waals surface area (Å²) in [6.45, 7) is 3.60. The van der Waals surface area contributed by atoms with Crippen LogP contribution in [-0.4, -0.2) is 24.1 Å². The maximum absolute atomic E-state index is 11.9. The molecule has 5 heteroatoms. The van der Waals surface area contributed by atoms with Crippen LogP contribution < -0.4 is 10.1 Å². The zero-order chi connectivity index (χ0) is 14.4. The van der Waals surface area contributed by atoms with Crippen LogP contribution in [0.1, 0.15) is 25.8 Å². The fourth-order valence-corrected chi connectivity index (χ4v) is 1.68. The lowest BCUT2D eigenvalue weighted by molar-refractivity contribution is -0.139. The van der Waals surface area contributed by atoms with Crippen molar-refractivity contribution in [2.45, 2.75) is 26.7 Å². The van der Waals surface area contributed by atoms with Crippen molar-refractivity contribution in [3.8, 4) is 5.75 Å². The molecule has 0 saturated carbocycles. The minimum Gasteiger partial charge on any atom is -0.495 e. The summed E-state index contributed by atoms with van der Waals surface area (Å²) in [5.74, 6) is -1.34. The number of carboxylic acids is 1. The summed E-state index contributed by atoms with van der Waals surface area (Å²) in [6.07, 6.45) is 0.652. The normalized spacial score (nSPS) is 11.7. The van der Waals surface area contributed by atoms with Crippen LogP contribution in [-0.2, 0) is 16.0 Å². The Morgan fingerprint density at radius 1 is 1.42 bits per heavy atom. The Balaban J connectivity index is 2.85. The van der Waals surface area contributed by atoms with E-state index in [1.54, 1.807) is 13.0 Å². The molecule has 0 saturated heterocycles. The van der Waals surface area contributed by atoms with Crippen molar-refractivity contribution in [1.82, 2.24) is 0 Å². The highest BCUT2D eigenvalue weighted by Gasteiger charge is 2.18. The van der Waals surface area contributed by atoms with E-state index in [2.05, 4.69) is 5.32 Å². The second kappa shape index (κ2) is 6.78. The van der Waals surface area contributed by atoms with Crippen LogP contribution in [0.4, 0.5) is 5.69 Å². The summed E-state index contributed by atoms with van der Waals surface area (Å²) in [4.78, 5) is 22.5. The highest BCUT2D eigenvalue weighted by Crippen LogP contribution is 2.26. The molecule has 0 aliphatic carbocycles. The summed E-state index contributed by atoms with van der Waals surface area (Å²) in [7, 11) is 1.53. The minimum absolute atomic E-state index is 0.193. The first-order chi connectivity index (χ1) is 8.97. The van der Waals surface area contributed by atoms with E-state index in [0.29, 0.717) is 11.4 Å². The number of aryl methyl sites for hydroxylation is 1. The molecule has 1 atom stereocenters. The third-order valence-electron chi connectivity index (χ3n) is 2.86. The van der Waals surface area contributed by atoms with Crippen LogP contribution in [0.3, 0.4) is 0 Å². The van der Waals surface area contributed by atoms with E-state index in [0.717, 1.165) is 12.0 Å². The number of carbonyl (C=O) groups is 2. The number of ether oxygens (including phenoxy) is 1. The van der Waals surface area contributed by atoms with Crippen molar-refractivity contribution in [3.63, 3.8) is 0 Å². The van der Waals surface area contributed by atoms with E-state index in [4.69, 9.17) is 9.84 Å². The first kappa shape index (κ1) is 15.0. The van der Waals surface area contributed by atoms with Gasteiger partial charge >= 0.3 is 5.97 Å². The molecule has 0 aliphatic rings. The second-order valence-electron chi connectivity index (χ2n) is 4.38. The predicted molar refractivity (Wildman–Crippen MR) is 72.4 cm³/mol. The van der Waals surface area contributed by atoms with E-state index >= 15 is 0 Å². The molecule has 0 aliphatic heterocycles. The fraction of sp³-hybridized carbons (Fsp3) is 0.429. The molecule has 19 heavy (non-hydrogen) atoms. The van der Waals surface area contributed by atoms with Gasteiger partial charge in [0.2, 0.25) is 5.91 Å². The summed E-state index contributed by atoms with van der Waals surface area (Å²) in [6, 6.07) is 5.55. The number of anilines is 1. The molecule has 0 spiro atoms. The molecule has 0 bridgehead atoms. The first-order valence-corrected chi connectivity index (χ1v) is 6.17. The van der Waals surface area contributed by atoms with Gasteiger partial charge in [0.05, 0.1) is 19.2 Å². The van der Waals surface area contributed by atoms with Crippen molar-refractivity contribution in [1.29, 1.82) is 0 Å². The van der Waals surface area contributed by atoms with Gasteiger partial charge in [-0.2, -0.15) is 0 Å². The molecule has 5 nitrogen and oxygen atoms in total. The van der Waals surface area contributed by atoms with E-state index in [1.165, 1.54) is 7.11 Å². The van der Waals surface area contributed by atoms with Gasteiger partial charge in [0.25, 0.3) is 0 Å². The number of hydrogen-bond donors (Lipinski definition) is 2. The standard InChI is InChI=1S/C14H19NO4/c1-4-10-5-6-12(19-3)11(8-10)15-14(18)9(2)7-13(16)17/h5-6,8-9H,4,7H2,1-3H3,(H,15,18)(H,16,17). The summed E-state index contributed by atoms with van der Waals surface area (Å²) >= 11 is 0. The Labute approximate surface area is 112 Å². The van der Waals surface area contributed by atoms with Crippen molar-refractivity contribution < 1.29 is 19.4 Å². The molecule has 1 aromatic rings. The Morgan fingerprint density at radius 3 is 2.63 bits per heavy atom. The molecule has 0 heterocycles. The second-order valence-corrected chi connectivity index (χ2v) is 4.38. The Morgan fingerprint density at radius 2 is 2.11 bits per heavy atom. The number of nitrogens with one attached hydrogen (secondary N) is 1. The average molecular weight is 265 g/mol. The van der Waals surface area contributed by atoms with Crippen LogP contribution in [0.5, 0.6) is 5.75 Å². The SMILES string of the molecule is CCc1ccc(OC)c(NC(=O)C(C)CC(=O)O)c1. The molecule has 0 fully saturated rings.